The summed E-state index contributed by atoms with van der Waals surface area (Å²) in [7, 11) is 0. The zero-order chi connectivity index (χ0) is 13.0. The summed E-state index contributed by atoms with van der Waals surface area (Å²) in [5.41, 5.74) is 2.45. The van der Waals surface area contributed by atoms with Crippen molar-refractivity contribution in [2.75, 3.05) is 0 Å². The second-order valence-electron chi connectivity index (χ2n) is 4.06. The Hall–Kier alpha value is -1.74. The van der Waals surface area contributed by atoms with Crippen LogP contribution in [-0.2, 0) is 5.75 Å². The average Bonchev–Trinajstić information content (AvgIpc) is 2.37. The molecule has 0 unspecified atom stereocenters. The van der Waals surface area contributed by atoms with Crippen LogP contribution in [0.2, 0.25) is 0 Å². The van der Waals surface area contributed by atoms with Crippen LogP contribution in [0.3, 0.4) is 0 Å². The summed E-state index contributed by atoms with van der Waals surface area (Å²) >= 11 is 1.72. The maximum atomic E-state index is 10.9. The molecule has 0 aliphatic heterocycles. The summed E-state index contributed by atoms with van der Waals surface area (Å²) < 4.78 is 0. The molecule has 18 heavy (non-hydrogen) atoms. The third kappa shape index (κ3) is 3.14. The molecule has 0 amide bonds. The minimum absolute atomic E-state index is 0.374. The van der Waals surface area contributed by atoms with E-state index in [4.69, 9.17) is 5.11 Å². The molecule has 0 aliphatic carbocycles. The Balaban J connectivity index is 2.07. The number of aromatic carboxylic acids is 1. The van der Waals surface area contributed by atoms with E-state index in [1.165, 1.54) is 5.56 Å². The molecule has 0 aromatic heterocycles. The number of carboxylic acid groups (broad SMARTS) is 1. The van der Waals surface area contributed by atoms with Gasteiger partial charge in [0.2, 0.25) is 0 Å². The highest BCUT2D eigenvalue weighted by atomic mass is 32.2. The van der Waals surface area contributed by atoms with Crippen molar-refractivity contribution in [1.82, 2.24) is 0 Å². The van der Waals surface area contributed by atoms with Crippen LogP contribution in [-0.4, -0.2) is 11.1 Å². The van der Waals surface area contributed by atoms with Crippen LogP contribution in [0.1, 0.15) is 21.5 Å². The van der Waals surface area contributed by atoms with Crippen molar-refractivity contribution < 1.29 is 9.90 Å². The van der Waals surface area contributed by atoms with E-state index in [9.17, 15) is 4.79 Å². The lowest BCUT2D eigenvalue weighted by Gasteiger charge is -2.05. The van der Waals surface area contributed by atoms with Gasteiger partial charge in [0, 0.05) is 10.6 Å². The van der Waals surface area contributed by atoms with Crippen molar-refractivity contribution in [3.05, 3.63) is 65.2 Å². The largest absolute Gasteiger partial charge is 0.478 e. The van der Waals surface area contributed by atoms with Crippen LogP contribution in [0.25, 0.3) is 0 Å². The van der Waals surface area contributed by atoms with Crippen LogP contribution >= 0.6 is 11.8 Å². The molecule has 0 heterocycles. The van der Waals surface area contributed by atoms with E-state index < -0.39 is 5.97 Å². The molecule has 0 radical (unpaired) electrons. The van der Waals surface area contributed by atoms with Gasteiger partial charge in [-0.2, -0.15) is 0 Å². The van der Waals surface area contributed by atoms with E-state index in [-0.39, 0.29) is 0 Å². The first-order chi connectivity index (χ1) is 8.66. The molecule has 2 rings (SSSR count). The highest BCUT2D eigenvalue weighted by molar-refractivity contribution is 7.98. The predicted octanol–water partition coefficient (Wildman–Crippen LogP) is 3.99. The van der Waals surface area contributed by atoms with Crippen LogP contribution < -0.4 is 0 Å². The summed E-state index contributed by atoms with van der Waals surface area (Å²) in [5, 5.41) is 8.96. The number of rotatable bonds is 4. The van der Waals surface area contributed by atoms with Gasteiger partial charge < -0.3 is 5.11 Å². The Morgan fingerprint density at radius 3 is 2.50 bits per heavy atom. The van der Waals surface area contributed by atoms with Crippen LogP contribution in [0.5, 0.6) is 0 Å². The standard InChI is InChI=1S/C15H14O2S/c1-11-9-13(7-8-14(11)15(16)17)18-10-12-5-3-2-4-6-12/h2-9H,10H2,1H3,(H,16,17). The first-order valence-corrected chi connectivity index (χ1v) is 6.66. The van der Waals surface area contributed by atoms with E-state index >= 15 is 0 Å². The summed E-state index contributed by atoms with van der Waals surface area (Å²) in [6.45, 7) is 1.83. The highest BCUT2D eigenvalue weighted by Crippen LogP contribution is 2.24. The van der Waals surface area contributed by atoms with Crippen molar-refractivity contribution in [3.63, 3.8) is 0 Å². The normalized spacial score (nSPS) is 10.3. The first-order valence-electron chi connectivity index (χ1n) is 5.67. The van der Waals surface area contributed by atoms with Gasteiger partial charge in [-0.15, -0.1) is 11.8 Å². The lowest BCUT2D eigenvalue weighted by molar-refractivity contribution is 0.0696. The van der Waals surface area contributed by atoms with Crippen molar-refractivity contribution in [1.29, 1.82) is 0 Å². The van der Waals surface area contributed by atoms with Crippen LogP contribution in [0, 0.1) is 6.92 Å². The molecule has 0 aliphatic rings. The topological polar surface area (TPSA) is 37.3 Å². The Morgan fingerprint density at radius 2 is 1.89 bits per heavy atom. The monoisotopic (exact) mass is 258 g/mol. The van der Waals surface area contributed by atoms with Gasteiger partial charge in [0.15, 0.2) is 0 Å². The zero-order valence-corrected chi connectivity index (χ0v) is 10.9. The molecule has 3 heteroatoms. The summed E-state index contributed by atoms with van der Waals surface area (Å²) in [4.78, 5) is 12.0. The number of hydrogen-bond donors (Lipinski definition) is 1. The number of carboxylic acids is 1. The van der Waals surface area contributed by atoms with Crippen molar-refractivity contribution in [3.8, 4) is 0 Å². The van der Waals surface area contributed by atoms with Crippen LogP contribution in [0.4, 0.5) is 0 Å². The summed E-state index contributed by atoms with van der Waals surface area (Å²) in [6.07, 6.45) is 0. The first kappa shape index (κ1) is 12.7. The highest BCUT2D eigenvalue weighted by Gasteiger charge is 2.07. The predicted molar refractivity (Wildman–Crippen MR) is 74.1 cm³/mol. The minimum Gasteiger partial charge on any atom is -0.478 e. The molecule has 92 valence electrons. The van der Waals surface area contributed by atoms with E-state index in [0.717, 1.165) is 16.2 Å². The molecular formula is C15H14O2S. The molecule has 0 fully saturated rings. The fourth-order valence-electron chi connectivity index (χ4n) is 1.71. The molecular weight excluding hydrogens is 244 g/mol. The number of benzene rings is 2. The van der Waals surface area contributed by atoms with Gasteiger partial charge in [-0.05, 0) is 36.2 Å². The number of hydrogen-bond acceptors (Lipinski definition) is 2. The number of carbonyl (C=O) groups is 1. The SMILES string of the molecule is Cc1cc(SCc2ccccc2)ccc1C(=O)O. The molecule has 0 bridgehead atoms. The van der Waals surface area contributed by atoms with Gasteiger partial charge in [0.25, 0.3) is 0 Å². The fourth-order valence-corrected chi connectivity index (χ4v) is 2.66. The minimum atomic E-state index is -0.868. The molecule has 2 aromatic carbocycles. The second-order valence-corrected chi connectivity index (χ2v) is 5.10. The van der Waals surface area contributed by atoms with Gasteiger partial charge in [0.1, 0.15) is 0 Å². The molecule has 2 nitrogen and oxygen atoms in total. The fraction of sp³-hybridized carbons (Fsp3) is 0.133. The average molecular weight is 258 g/mol. The lowest BCUT2D eigenvalue weighted by atomic mass is 10.1. The van der Waals surface area contributed by atoms with Gasteiger partial charge in [-0.1, -0.05) is 30.3 Å². The van der Waals surface area contributed by atoms with E-state index in [2.05, 4.69) is 12.1 Å². The summed E-state index contributed by atoms with van der Waals surface area (Å²) in [6, 6.07) is 15.7. The van der Waals surface area contributed by atoms with Crippen molar-refractivity contribution >= 4 is 17.7 Å². The Kier molecular flexibility index (Phi) is 4.05. The molecule has 0 saturated heterocycles. The third-order valence-electron chi connectivity index (χ3n) is 2.68. The Labute approximate surface area is 111 Å². The van der Waals surface area contributed by atoms with Crippen molar-refractivity contribution in [2.24, 2.45) is 0 Å². The quantitative estimate of drug-likeness (QED) is 0.843. The van der Waals surface area contributed by atoms with Gasteiger partial charge in [0.05, 0.1) is 5.56 Å². The molecule has 0 saturated carbocycles. The maximum Gasteiger partial charge on any atom is 0.335 e. The molecule has 0 atom stereocenters. The number of aryl methyl sites for hydroxylation is 1. The molecule has 2 aromatic rings. The lowest BCUT2D eigenvalue weighted by Crippen LogP contribution is -1.99. The second kappa shape index (κ2) is 5.74. The van der Waals surface area contributed by atoms with E-state index in [1.807, 2.05) is 37.3 Å². The van der Waals surface area contributed by atoms with E-state index in [0.29, 0.717) is 5.56 Å². The molecule has 0 spiro atoms. The maximum absolute atomic E-state index is 10.9. The van der Waals surface area contributed by atoms with Crippen LogP contribution in [0.15, 0.2) is 53.4 Å². The Bertz CT molecular complexity index is 550. The zero-order valence-electron chi connectivity index (χ0n) is 10.1. The smallest absolute Gasteiger partial charge is 0.335 e. The number of thioether (sulfide) groups is 1. The Morgan fingerprint density at radius 1 is 1.17 bits per heavy atom. The van der Waals surface area contributed by atoms with Gasteiger partial charge in [-0.25, -0.2) is 4.79 Å². The van der Waals surface area contributed by atoms with E-state index in [1.54, 1.807) is 17.8 Å². The molecule has 1 N–H and O–H groups in total. The van der Waals surface area contributed by atoms with Gasteiger partial charge >= 0.3 is 5.97 Å². The van der Waals surface area contributed by atoms with Crippen molar-refractivity contribution in [2.45, 2.75) is 17.6 Å². The third-order valence-corrected chi connectivity index (χ3v) is 3.74. The van der Waals surface area contributed by atoms with Gasteiger partial charge in [-0.3, -0.25) is 0 Å². The summed E-state index contributed by atoms with van der Waals surface area (Å²) in [5.74, 6) is 0.0271.